The van der Waals surface area contributed by atoms with E-state index in [0.717, 1.165) is 0 Å². The molecule has 53 radical (unpaired) electrons. The summed E-state index contributed by atoms with van der Waals surface area (Å²) in [7, 11) is 0. The second kappa shape index (κ2) is 663. The number of rotatable bonds is 0. The molecule has 0 aromatic carbocycles. The van der Waals surface area contributed by atoms with E-state index in [2.05, 4.69) is 0 Å². The first-order valence-electron chi connectivity index (χ1n) is 0. The van der Waals surface area contributed by atoms with E-state index in [1.54, 1.807) is 0 Å². The van der Waals surface area contributed by atoms with E-state index in [1.807, 2.05) is 0 Å². The predicted molar refractivity (Wildman–Crippen MR) is 0 cm³/mol. The van der Waals surface area contributed by atoms with Crippen molar-refractivity contribution >= 4 is 0 Å². The largest absolute Gasteiger partial charge is 0 e. The Kier molecular flexibility index (Phi) is 8620. The van der Waals surface area contributed by atoms with Gasteiger partial charge in [0.25, 0.3) is 0 Å². The molecule has 0 fully saturated rings. The quantitative estimate of drug-likeness (QED) is 0.318. The van der Waals surface area contributed by atoms with Crippen molar-refractivity contribution in [1.29, 1.82) is 0 Å². The molecule has 0 aliphatic heterocycles. The zero-order valence-corrected chi connectivity index (χ0v) is 72.8. The molecule has 0 saturated carbocycles. The SMILES string of the molecule is [Co].[Co].[Co].[Co].[Co].[Co].[Co].[Co].[Co].[Co].[Co].[Co].[Co].[Co].[Co].[Co].[Co].[Co].[Co].[Co].[Co].[Co].[Co].[Co].[Co].[Co].[Co].[Co].[Co].[Co].[Co].[Co].[Co].[Co].[Co].[Co].[Co].[Co].[Co].[Co].[Co].[Co].[Co].[Co].[Co].[Co].[Co].[Co].[Co].[Co].[Co].[Co].[Co]. The average Bonchev–Trinajstić information content (AvgIpc) is 0. The smallest absolute Gasteiger partial charge is 0 e. The Hall–Kier alpha value is 26.8. The summed E-state index contributed by atoms with van der Waals surface area (Å²) >= 11 is 0. The summed E-state index contributed by atoms with van der Waals surface area (Å²) < 4.78 is 0. The molecule has 0 aromatic heterocycles. The van der Waals surface area contributed by atoms with Crippen molar-refractivity contribution in [2.75, 3.05) is 0 Å². The zero-order valence-electron chi connectivity index (χ0n) is 17.7. The van der Waals surface area contributed by atoms with E-state index in [9.17, 15) is 0 Å². The monoisotopic (exact) mass is 3120 g/mol. The van der Waals surface area contributed by atoms with Gasteiger partial charge in [-0.3, -0.25) is 0 Å². The average molecular weight is 3120 g/mol. The van der Waals surface area contributed by atoms with Gasteiger partial charge in [0.15, 0.2) is 0 Å². The zero-order chi connectivity index (χ0) is 0. The third-order valence-electron chi connectivity index (χ3n) is 0. The third-order valence-corrected chi connectivity index (χ3v) is 0. The fourth-order valence-corrected chi connectivity index (χ4v) is 0. The minimum absolute atomic E-state index is 0. The van der Waals surface area contributed by atoms with E-state index in [0.29, 0.717) is 0 Å². The van der Waals surface area contributed by atoms with Gasteiger partial charge in [0.05, 0.1) is 0 Å². The summed E-state index contributed by atoms with van der Waals surface area (Å²) in [5.41, 5.74) is 0. The Bertz CT molecular complexity index is 0. The summed E-state index contributed by atoms with van der Waals surface area (Å²) in [6, 6.07) is 0. The molecule has 0 heterocycles. The Morgan fingerprint density at radius 1 is 0.0189 bits per heavy atom. The van der Waals surface area contributed by atoms with Gasteiger partial charge < -0.3 is 0 Å². The van der Waals surface area contributed by atoms with Crippen molar-refractivity contribution in [2.24, 2.45) is 0 Å². The first-order valence-corrected chi connectivity index (χ1v) is 0. The van der Waals surface area contributed by atoms with Crippen molar-refractivity contribution in [3.8, 4) is 0 Å². The molecule has 53 heteroatoms. The molecule has 477 valence electrons. The standard InChI is InChI=1S/53Co. The molecular weight excluding hydrogens is 3120 g/mol. The van der Waals surface area contributed by atoms with Crippen LogP contribution in [-0.2, 0) is 889 Å². The van der Waals surface area contributed by atoms with Crippen LogP contribution in [0.25, 0.3) is 0 Å². The van der Waals surface area contributed by atoms with Crippen molar-refractivity contribution < 1.29 is 889 Å². The first-order chi connectivity index (χ1) is 0. The molecule has 0 aromatic rings. The molecule has 0 aliphatic rings. The minimum Gasteiger partial charge on any atom is 0 e. The molecule has 0 spiro atoms. The molecule has 0 N–H and O–H groups in total. The molecule has 0 amide bonds. The fraction of sp³-hybridized carbons (Fsp3) is 0. The van der Waals surface area contributed by atoms with Gasteiger partial charge >= 0.3 is 0 Å². The maximum atomic E-state index is 0. The number of hydrogen-bond donors (Lipinski definition) is 0. The summed E-state index contributed by atoms with van der Waals surface area (Å²) in [5, 5.41) is 0. The maximum absolute atomic E-state index is 0. The van der Waals surface area contributed by atoms with E-state index in [-0.39, 0.29) is 889 Å². The van der Waals surface area contributed by atoms with Gasteiger partial charge in [0.2, 0.25) is 0 Å². The van der Waals surface area contributed by atoms with Crippen LogP contribution in [0.3, 0.4) is 0 Å². The van der Waals surface area contributed by atoms with Crippen LogP contribution in [0, 0.1) is 0 Å². The maximum Gasteiger partial charge on any atom is 0 e. The van der Waals surface area contributed by atoms with Crippen LogP contribution in [-0.4, -0.2) is 0 Å². The van der Waals surface area contributed by atoms with Crippen molar-refractivity contribution in [2.45, 2.75) is 0 Å². The van der Waals surface area contributed by atoms with Crippen LogP contribution in [0.1, 0.15) is 0 Å². The van der Waals surface area contributed by atoms with Gasteiger partial charge in [0.1, 0.15) is 0 Å². The third kappa shape index (κ3) is 646. The first kappa shape index (κ1) is 689. The second-order valence-electron chi connectivity index (χ2n) is 0. The van der Waals surface area contributed by atoms with Gasteiger partial charge in [-0.15, -0.1) is 0 Å². The summed E-state index contributed by atoms with van der Waals surface area (Å²) in [6.07, 6.45) is 0. The molecule has 0 bridgehead atoms. The van der Waals surface area contributed by atoms with Gasteiger partial charge in [-0.05, 0) is 0 Å². The number of hydrogen-bond acceptors (Lipinski definition) is 0. The molecule has 0 rings (SSSR count). The summed E-state index contributed by atoms with van der Waals surface area (Å²) in [6.45, 7) is 0. The second-order valence-corrected chi connectivity index (χ2v) is 0. The molecule has 53 heavy (non-hydrogen) atoms. The van der Waals surface area contributed by atoms with Crippen LogP contribution >= 0.6 is 0 Å². The van der Waals surface area contributed by atoms with Gasteiger partial charge in [-0.1, -0.05) is 0 Å². The molecular formula is Co53. The summed E-state index contributed by atoms with van der Waals surface area (Å²) in [4.78, 5) is 0. The van der Waals surface area contributed by atoms with E-state index in [1.165, 1.54) is 0 Å². The normalized spacial score (nSPS) is 0. The van der Waals surface area contributed by atoms with Crippen molar-refractivity contribution in [3.05, 3.63) is 0 Å². The van der Waals surface area contributed by atoms with Gasteiger partial charge in [0, 0.05) is 889 Å². The molecule has 0 atom stereocenters. The van der Waals surface area contributed by atoms with Crippen LogP contribution in [0.4, 0.5) is 0 Å². The van der Waals surface area contributed by atoms with Crippen LogP contribution in [0.2, 0.25) is 0 Å². The molecule has 0 saturated heterocycles. The Balaban J connectivity index is 0. The Morgan fingerprint density at radius 3 is 0.0189 bits per heavy atom. The predicted octanol–water partition coefficient (Wildman–Crippen LogP) is -0.133. The molecule has 0 unspecified atom stereocenters. The van der Waals surface area contributed by atoms with Gasteiger partial charge in [-0.2, -0.15) is 0 Å². The van der Waals surface area contributed by atoms with E-state index in [4.69, 9.17) is 0 Å². The van der Waals surface area contributed by atoms with Crippen LogP contribution < -0.4 is 0 Å². The van der Waals surface area contributed by atoms with Crippen molar-refractivity contribution in [1.82, 2.24) is 0 Å². The minimum atomic E-state index is 0. The van der Waals surface area contributed by atoms with Crippen LogP contribution in [0.15, 0.2) is 0 Å². The topological polar surface area (TPSA) is 0 Å². The van der Waals surface area contributed by atoms with Crippen LogP contribution in [0.5, 0.6) is 0 Å². The Morgan fingerprint density at radius 2 is 0.0189 bits per heavy atom. The molecule has 0 aliphatic carbocycles. The Labute approximate surface area is 866 Å². The van der Waals surface area contributed by atoms with Gasteiger partial charge in [-0.25, -0.2) is 0 Å². The van der Waals surface area contributed by atoms with E-state index < -0.39 is 0 Å². The fourth-order valence-electron chi connectivity index (χ4n) is 0. The van der Waals surface area contributed by atoms with Crippen molar-refractivity contribution in [3.63, 3.8) is 0 Å². The van der Waals surface area contributed by atoms with E-state index >= 15 is 0 Å². The molecule has 0 nitrogen and oxygen atoms in total. The summed E-state index contributed by atoms with van der Waals surface area (Å²) in [5.74, 6) is 0.